The number of benzene rings is 1. The number of carboxylic acids is 1. The fraction of sp³-hybridized carbons (Fsp3) is 0.308. The molecule has 0 radical (unpaired) electrons. The van der Waals surface area contributed by atoms with Crippen molar-refractivity contribution in [1.29, 1.82) is 0 Å². The highest BCUT2D eigenvalue weighted by Crippen LogP contribution is 2.29. The zero-order chi connectivity index (χ0) is 12.6. The number of nitrogens with zero attached hydrogens (tertiary/aromatic N) is 1. The van der Waals surface area contributed by atoms with E-state index in [2.05, 4.69) is 15.9 Å². The van der Waals surface area contributed by atoms with Crippen molar-refractivity contribution in [3.63, 3.8) is 0 Å². The highest BCUT2D eigenvalue weighted by Gasteiger charge is 2.16. The third-order valence-electron chi connectivity index (χ3n) is 2.98. The van der Waals surface area contributed by atoms with Crippen molar-refractivity contribution in [2.24, 2.45) is 13.0 Å². The minimum Gasteiger partial charge on any atom is -0.481 e. The van der Waals surface area contributed by atoms with E-state index in [0.717, 1.165) is 20.9 Å². The van der Waals surface area contributed by atoms with Crippen LogP contribution >= 0.6 is 15.9 Å². The molecule has 0 fully saturated rings. The summed E-state index contributed by atoms with van der Waals surface area (Å²) in [6, 6.07) is 6.00. The third-order valence-corrected chi connectivity index (χ3v) is 3.62. The lowest BCUT2D eigenvalue weighted by Crippen LogP contribution is -2.11. The van der Waals surface area contributed by atoms with Gasteiger partial charge in [-0.3, -0.25) is 4.79 Å². The normalized spacial score (nSPS) is 12.9. The van der Waals surface area contributed by atoms with Gasteiger partial charge in [-0.25, -0.2) is 0 Å². The first kappa shape index (κ1) is 12.2. The maximum absolute atomic E-state index is 10.9. The molecule has 1 aromatic heterocycles. The lowest BCUT2D eigenvalue weighted by Gasteiger charge is -2.04. The van der Waals surface area contributed by atoms with Crippen LogP contribution in [0.2, 0.25) is 0 Å². The average Bonchev–Trinajstić information content (AvgIpc) is 2.57. The van der Waals surface area contributed by atoms with Crippen molar-refractivity contribution in [1.82, 2.24) is 4.57 Å². The van der Waals surface area contributed by atoms with Crippen molar-refractivity contribution in [3.8, 4) is 0 Å². The minimum atomic E-state index is -0.753. The van der Waals surface area contributed by atoms with Gasteiger partial charge in [-0.15, -0.1) is 0 Å². The first-order chi connectivity index (χ1) is 8.00. The lowest BCUT2D eigenvalue weighted by atomic mass is 10.0. The molecule has 0 aliphatic rings. The van der Waals surface area contributed by atoms with E-state index in [4.69, 9.17) is 5.11 Å². The number of carboxylic acid groups (broad SMARTS) is 1. The molecule has 1 heterocycles. The van der Waals surface area contributed by atoms with Crippen LogP contribution in [0, 0.1) is 5.92 Å². The topological polar surface area (TPSA) is 42.2 Å². The van der Waals surface area contributed by atoms with E-state index in [9.17, 15) is 4.79 Å². The standard InChI is InChI=1S/C13H14BrNO2/c1-8(13(16)17)6-9-7-15(2)12-10(9)4-3-5-11(12)14/h3-5,7-8H,6H2,1-2H3,(H,16,17). The summed E-state index contributed by atoms with van der Waals surface area (Å²) in [6.07, 6.45) is 2.57. The molecule has 1 unspecified atom stereocenters. The molecular weight excluding hydrogens is 282 g/mol. The van der Waals surface area contributed by atoms with E-state index in [-0.39, 0.29) is 5.92 Å². The predicted molar refractivity (Wildman–Crippen MR) is 71.1 cm³/mol. The molecule has 2 aromatic rings. The molecule has 0 spiro atoms. The Morgan fingerprint density at radius 3 is 2.88 bits per heavy atom. The van der Waals surface area contributed by atoms with Gasteiger partial charge in [0, 0.05) is 23.1 Å². The first-order valence-electron chi connectivity index (χ1n) is 5.46. The van der Waals surface area contributed by atoms with E-state index in [1.54, 1.807) is 6.92 Å². The molecule has 90 valence electrons. The molecule has 2 rings (SSSR count). The molecule has 0 saturated heterocycles. The fourth-order valence-electron chi connectivity index (χ4n) is 2.08. The number of fused-ring (bicyclic) bond motifs is 1. The smallest absolute Gasteiger partial charge is 0.306 e. The van der Waals surface area contributed by atoms with Gasteiger partial charge in [0.2, 0.25) is 0 Å². The number of carbonyl (C=O) groups is 1. The summed E-state index contributed by atoms with van der Waals surface area (Å²) in [7, 11) is 1.97. The lowest BCUT2D eigenvalue weighted by molar-refractivity contribution is -0.141. The largest absolute Gasteiger partial charge is 0.481 e. The second-order valence-corrected chi connectivity index (χ2v) is 5.20. The molecule has 0 aliphatic heterocycles. The van der Waals surface area contributed by atoms with Crippen molar-refractivity contribution < 1.29 is 9.90 Å². The van der Waals surface area contributed by atoms with E-state index in [1.807, 2.05) is 36.0 Å². The van der Waals surface area contributed by atoms with Gasteiger partial charge < -0.3 is 9.67 Å². The molecular formula is C13H14BrNO2. The monoisotopic (exact) mass is 295 g/mol. The van der Waals surface area contributed by atoms with Gasteiger partial charge in [0.05, 0.1) is 11.4 Å². The number of para-hydroxylation sites is 1. The van der Waals surface area contributed by atoms with Crippen LogP contribution in [0.4, 0.5) is 0 Å². The van der Waals surface area contributed by atoms with Gasteiger partial charge in [-0.05, 0) is 34.0 Å². The number of rotatable bonds is 3. The number of hydrogen-bond donors (Lipinski definition) is 1. The van der Waals surface area contributed by atoms with Crippen LogP contribution in [0.1, 0.15) is 12.5 Å². The van der Waals surface area contributed by atoms with Crippen LogP contribution in [0.15, 0.2) is 28.9 Å². The Labute approximate surface area is 108 Å². The van der Waals surface area contributed by atoms with E-state index < -0.39 is 5.97 Å². The molecule has 17 heavy (non-hydrogen) atoms. The van der Waals surface area contributed by atoms with Gasteiger partial charge in [0.15, 0.2) is 0 Å². The fourth-order valence-corrected chi connectivity index (χ4v) is 2.73. The van der Waals surface area contributed by atoms with Crippen molar-refractivity contribution in [3.05, 3.63) is 34.4 Å². The van der Waals surface area contributed by atoms with Gasteiger partial charge in [-0.1, -0.05) is 19.1 Å². The predicted octanol–water partition coefficient (Wildman–Crippen LogP) is 3.20. The summed E-state index contributed by atoms with van der Waals surface area (Å²) in [5, 5.41) is 10.1. The molecule has 0 amide bonds. The highest BCUT2D eigenvalue weighted by atomic mass is 79.9. The molecule has 3 nitrogen and oxygen atoms in total. The summed E-state index contributed by atoms with van der Waals surface area (Å²) < 4.78 is 3.07. The average molecular weight is 296 g/mol. The number of aliphatic carboxylic acids is 1. The molecule has 1 atom stereocenters. The van der Waals surface area contributed by atoms with Gasteiger partial charge in [-0.2, -0.15) is 0 Å². The van der Waals surface area contributed by atoms with Crippen LogP contribution < -0.4 is 0 Å². The molecule has 0 bridgehead atoms. The van der Waals surface area contributed by atoms with Crippen molar-refractivity contribution >= 4 is 32.8 Å². The maximum atomic E-state index is 10.9. The minimum absolute atomic E-state index is 0.361. The number of aromatic nitrogens is 1. The van der Waals surface area contributed by atoms with E-state index in [1.165, 1.54) is 0 Å². The molecule has 0 saturated carbocycles. The third kappa shape index (κ3) is 2.22. The summed E-state index contributed by atoms with van der Waals surface area (Å²) in [6.45, 7) is 1.74. The summed E-state index contributed by atoms with van der Waals surface area (Å²) in [4.78, 5) is 10.9. The van der Waals surface area contributed by atoms with Gasteiger partial charge in [0.25, 0.3) is 0 Å². The Morgan fingerprint density at radius 2 is 2.24 bits per heavy atom. The number of hydrogen-bond acceptors (Lipinski definition) is 1. The van der Waals surface area contributed by atoms with Crippen LogP contribution in [-0.4, -0.2) is 15.6 Å². The SMILES string of the molecule is CC(Cc1cn(C)c2c(Br)cccc12)C(=O)O. The summed E-state index contributed by atoms with van der Waals surface area (Å²) >= 11 is 3.52. The Hall–Kier alpha value is -1.29. The number of aryl methyl sites for hydroxylation is 1. The van der Waals surface area contributed by atoms with Crippen molar-refractivity contribution in [2.75, 3.05) is 0 Å². The Balaban J connectivity index is 2.49. The molecule has 4 heteroatoms. The Bertz CT molecular complexity index is 574. The summed E-state index contributed by atoms with van der Waals surface area (Å²) in [5.74, 6) is -1.11. The molecule has 0 aliphatic carbocycles. The first-order valence-corrected chi connectivity index (χ1v) is 6.25. The van der Waals surface area contributed by atoms with Crippen LogP contribution in [0.5, 0.6) is 0 Å². The molecule has 1 aromatic carbocycles. The quantitative estimate of drug-likeness (QED) is 0.945. The summed E-state index contributed by atoms with van der Waals surface area (Å²) in [5.41, 5.74) is 2.19. The van der Waals surface area contributed by atoms with Crippen LogP contribution in [-0.2, 0) is 18.3 Å². The highest BCUT2D eigenvalue weighted by molar-refractivity contribution is 9.10. The second kappa shape index (κ2) is 4.53. The van der Waals surface area contributed by atoms with Crippen LogP contribution in [0.25, 0.3) is 10.9 Å². The zero-order valence-corrected chi connectivity index (χ0v) is 11.4. The van der Waals surface area contributed by atoms with Crippen molar-refractivity contribution in [2.45, 2.75) is 13.3 Å². The van der Waals surface area contributed by atoms with Gasteiger partial charge >= 0.3 is 5.97 Å². The molecule has 1 N–H and O–H groups in total. The second-order valence-electron chi connectivity index (χ2n) is 4.34. The van der Waals surface area contributed by atoms with E-state index >= 15 is 0 Å². The van der Waals surface area contributed by atoms with Gasteiger partial charge in [0.1, 0.15) is 0 Å². The number of halogens is 1. The van der Waals surface area contributed by atoms with Crippen LogP contribution in [0.3, 0.4) is 0 Å². The Morgan fingerprint density at radius 1 is 1.53 bits per heavy atom. The Kier molecular flexibility index (Phi) is 3.24. The van der Waals surface area contributed by atoms with E-state index in [0.29, 0.717) is 6.42 Å². The zero-order valence-electron chi connectivity index (χ0n) is 9.77. The maximum Gasteiger partial charge on any atom is 0.306 e.